The summed E-state index contributed by atoms with van der Waals surface area (Å²) in [5, 5.41) is 3.11. The highest BCUT2D eigenvalue weighted by molar-refractivity contribution is 5.88. The highest BCUT2D eigenvalue weighted by atomic mass is 16.5. The Morgan fingerprint density at radius 1 is 0.795 bits per heavy atom. The Bertz CT molecular complexity index is 1190. The number of hydrogen-bond acceptors (Lipinski definition) is 4. The van der Waals surface area contributed by atoms with Crippen molar-refractivity contribution in [3.63, 3.8) is 0 Å². The van der Waals surface area contributed by atoms with E-state index in [0.717, 1.165) is 16.7 Å². The van der Waals surface area contributed by atoms with E-state index in [1.54, 1.807) is 4.90 Å². The van der Waals surface area contributed by atoms with Gasteiger partial charge in [0.05, 0.1) is 13.2 Å². The lowest BCUT2D eigenvalue weighted by Crippen LogP contribution is -2.54. The molecule has 0 bridgehead atoms. The summed E-state index contributed by atoms with van der Waals surface area (Å²) in [6.45, 7) is 11.2. The van der Waals surface area contributed by atoms with Gasteiger partial charge in [-0.2, -0.15) is 0 Å². The first-order chi connectivity index (χ1) is 18.7. The van der Waals surface area contributed by atoms with Gasteiger partial charge in [0.2, 0.25) is 11.8 Å². The predicted octanol–water partition coefficient (Wildman–Crippen LogP) is 5.97. The molecule has 3 aromatic carbocycles. The number of rotatable bonds is 13. The molecular weight excluding hydrogens is 488 g/mol. The molecule has 6 heteroatoms. The minimum Gasteiger partial charge on any atom is -0.490 e. The van der Waals surface area contributed by atoms with Crippen LogP contribution in [0.2, 0.25) is 0 Å². The maximum Gasteiger partial charge on any atom is 0.243 e. The molecule has 208 valence electrons. The molecule has 0 aromatic heterocycles. The lowest BCUT2D eigenvalue weighted by Gasteiger charge is -2.34. The van der Waals surface area contributed by atoms with E-state index < -0.39 is 11.6 Å². The van der Waals surface area contributed by atoms with Crippen LogP contribution < -0.4 is 14.8 Å². The fourth-order valence-electron chi connectivity index (χ4n) is 4.43. The van der Waals surface area contributed by atoms with Gasteiger partial charge in [0.1, 0.15) is 6.04 Å². The maximum absolute atomic E-state index is 13.9. The molecule has 0 unspecified atom stereocenters. The third-order valence-electron chi connectivity index (χ3n) is 6.20. The van der Waals surface area contributed by atoms with Gasteiger partial charge in [-0.25, -0.2) is 0 Å². The molecule has 39 heavy (non-hydrogen) atoms. The van der Waals surface area contributed by atoms with Crippen molar-refractivity contribution in [2.45, 2.75) is 72.0 Å². The third kappa shape index (κ3) is 9.47. The number of benzene rings is 3. The first-order valence-corrected chi connectivity index (χ1v) is 13.8. The summed E-state index contributed by atoms with van der Waals surface area (Å²) in [5.74, 6) is 1.14. The topological polar surface area (TPSA) is 67.9 Å². The zero-order valence-corrected chi connectivity index (χ0v) is 23.9. The average Bonchev–Trinajstić information content (AvgIpc) is 2.91. The van der Waals surface area contributed by atoms with Crippen LogP contribution in [0.5, 0.6) is 11.5 Å². The number of carbonyl (C=O) groups is 2. The van der Waals surface area contributed by atoms with Crippen molar-refractivity contribution in [1.82, 2.24) is 10.2 Å². The summed E-state index contributed by atoms with van der Waals surface area (Å²) in [5.41, 5.74) is 2.54. The summed E-state index contributed by atoms with van der Waals surface area (Å²) in [6, 6.07) is 24.8. The SMILES string of the molecule is CCOc1ccc(CCC(=O)N(Cc2ccccc2)[C@H](Cc2ccccc2)C(=O)NC(C)(C)C)cc1OCC. The van der Waals surface area contributed by atoms with Gasteiger partial charge in [-0.15, -0.1) is 0 Å². The van der Waals surface area contributed by atoms with Gasteiger partial charge in [-0.1, -0.05) is 66.7 Å². The van der Waals surface area contributed by atoms with Gasteiger partial charge < -0.3 is 19.7 Å². The first kappa shape index (κ1) is 29.8. The molecule has 3 aromatic rings. The summed E-state index contributed by atoms with van der Waals surface area (Å²) in [4.78, 5) is 29.3. The molecule has 0 heterocycles. The molecule has 0 aliphatic carbocycles. The van der Waals surface area contributed by atoms with Crippen LogP contribution >= 0.6 is 0 Å². The fourth-order valence-corrected chi connectivity index (χ4v) is 4.43. The van der Waals surface area contributed by atoms with Gasteiger partial charge in [-0.3, -0.25) is 9.59 Å². The first-order valence-electron chi connectivity index (χ1n) is 13.8. The minimum atomic E-state index is -0.654. The van der Waals surface area contributed by atoms with E-state index in [1.807, 2.05) is 113 Å². The van der Waals surface area contributed by atoms with Gasteiger partial charge >= 0.3 is 0 Å². The van der Waals surface area contributed by atoms with Crippen LogP contribution in [0, 0.1) is 0 Å². The highest BCUT2D eigenvalue weighted by Crippen LogP contribution is 2.29. The standard InChI is InChI=1S/C33H42N2O4/c1-6-38-29-20-18-26(23-30(29)39-7-2)19-21-31(36)35(24-27-16-12-9-13-17-27)28(32(37)34-33(3,4)5)22-25-14-10-8-11-15-25/h8-18,20,23,28H,6-7,19,21-22,24H2,1-5H3,(H,34,37)/t28-/m1/s1. The number of amides is 2. The molecule has 1 atom stereocenters. The molecule has 0 radical (unpaired) electrons. The Balaban J connectivity index is 1.89. The Kier molecular flexibility index (Phi) is 11.0. The van der Waals surface area contributed by atoms with Crippen molar-refractivity contribution < 1.29 is 19.1 Å². The number of aryl methyl sites for hydroxylation is 1. The number of nitrogens with zero attached hydrogens (tertiary/aromatic N) is 1. The highest BCUT2D eigenvalue weighted by Gasteiger charge is 2.32. The van der Waals surface area contributed by atoms with Crippen LogP contribution in [0.15, 0.2) is 78.9 Å². The second-order valence-electron chi connectivity index (χ2n) is 10.6. The number of carbonyl (C=O) groups excluding carboxylic acids is 2. The monoisotopic (exact) mass is 530 g/mol. The van der Waals surface area contributed by atoms with Crippen molar-refractivity contribution in [1.29, 1.82) is 0 Å². The van der Waals surface area contributed by atoms with Crippen molar-refractivity contribution >= 4 is 11.8 Å². The molecule has 0 saturated heterocycles. The van der Waals surface area contributed by atoms with Gasteiger partial charge in [-0.05, 0) is 69.9 Å². The minimum absolute atomic E-state index is 0.0734. The average molecular weight is 531 g/mol. The van der Waals surface area contributed by atoms with E-state index in [-0.39, 0.29) is 18.2 Å². The van der Waals surface area contributed by atoms with E-state index in [9.17, 15) is 9.59 Å². The molecule has 6 nitrogen and oxygen atoms in total. The second-order valence-corrected chi connectivity index (χ2v) is 10.6. The van der Waals surface area contributed by atoms with Crippen LogP contribution in [0.3, 0.4) is 0 Å². The quantitative estimate of drug-likeness (QED) is 0.296. The molecule has 1 N–H and O–H groups in total. The zero-order chi connectivity index (χ0) is 28.3. The summed E-state index contributed by atoms with van der Waals surface area (Å²) >= 11 is 0. The number of hydrogen-bond donors (Lipinski definition) is 1. The fraction of sp³-hybridized carbons (Fsp3) is 0.394. The lowest BCUT2D eigenvalue weighted by atomic mass is 9.99. The van der Waals surface area contributed by atoms with Crippen LogP contribution in [-0.2, 0) is 29.0 Å². The van der Waals surface area contributed by atoms with E-state index in [0.29, 0.717) is 44.1 Å². The molecule has 0 aliphatic rings. The Morgan fingerprint density at radius 3 is 1.97 bits per heavy atom. The van der Waals surface area contributed by atoms with Crippen molar-refractivity contribution in [2.75, 3.05) is 13.2 Å². The Morgan fingerprint density at radius 2 is 1.38 bits per heavy atom. The van der Waals surface area contributed by atoms with E-state index in [4.69, 9.17) is 9.47 Å². The molecule has 3 rings (SSSR count). The summed E-state index contributed by atoms with van der Waals surface area (Å²) < 4.78 is 11.5. The second kappa shape index (κ2) is 14.4. The smallest absolute Gasteiger partial charge is 0.243 e. The van der Waals surface area contributed by atoms with Crippen LogP contribution in [-0.4, -0.2) is 41.5 Å². The number of nitrogens with one attached hydrogen (secondary N) is 1. The normalized spacial score (nSPS) is 11.9. The van der Waals surface area contributed by atoms with Crippen molar-refractivity contribution in [3.05, 3.63) is 95.6 Å². The van der Waals surface area contributed by atoms with Gasteiger partial charge in [0.25, 0.3) is 0 Å². The molecule has 0 fully saturated rings. The Hall–Kier alpha value is -3.80. The molecule has 0 saturated carbocycles. The van der Waals surface area contributed by atoms with Gasteiger partial charge in [0, 0.05) is 24.9 Å². The van der Waals surface area contributed by atoms with Crippen LogP contribution in [0.25, 0.3) is 0 Å². The molecule has 2 amide bonds. The summed E-state index contributed by atoms with van der Waals surface area (Å²) in [7, 11) is 0. The van der Waals surface area contributed by atoms with E-state index >= 15 is 0 Å². The lowest BCUT2D eigenvalue weighted by molar-refractivity contribution is -0.141. The van der Waals surface area contributed by atoms with Gasteiger partial charge in [0.15, 0.2) is 11.5 Å². The molecular formula is C33H42N2O4. The van der Waals surface area contributed by atoms with Crippen molar-refractivity contribution in [3.8, 4) is 11.5 Å². The predicted molar refractivity (Wildman–Crippen MR) is 156 cm³/mol. The molecule has 0 aliphatic heterocycles. The van der Waals surface area contributed by atoms with Crippen LogP contribution in [0.1, 0.15) is 57.7 Å². The number of ether oxygens (including phenoxy) is 2. The maximum atomic E-state index is 13.9. The largest absolute Gasteiger partial charge is 0.490 e. The Labute approximate surface area is 233 Å². The van der Waals surface area contributed by atoms with E-state index in [2.05, 4.69) is 5.32 Å². The van der Waals surface area contributed by atoms with Crippen LogP contribution in [0.4, 0.5) is 0 Å². The summed E-state index contributed by atoms with van der Waals surface area (Å²) in [6.07, 6.45) is 1.22. The van der Waals surface area contributed by atoms with E-state index in [1.165, 1.54) is 0 Å². The van der Waals surface area contributed by atoms with Crippen molar-refractivity contribution in [2.24, 2.45) is 0 Å². The third-order valence-corrected chi connectivity index (χ3v) is 6.20. The zero-order valence-electron chi connectivity index (χ0n) is 23.9. The molecule has 0 spiro atoms.